The Morgan fingerprint density at radius 3 is 2.61 bits per heavy atom. The zero-order chi connectivity index (χ0) is 22.7. The summed E-state index contributed by atoms with van der Waals surface area (Å²) in [6.45, 7) is 9.49. The predicted octanol–water partition coefficient (Wildman–Crippen LogP) is 6.06. The van der Waals surface area contributed by atoms with Gasteiger partial charge >= 0.3 is 0 Å². The number of carbonyl (C=O) groups is 1. The number of hydrogen-bond donors (Lipinski definition) is 0. The summed E-state index contributed by atoms with van der Waals surface area (Å²) in [6.07, 6.45) is 6.38. The van der Waals surface area contributed by atoms with Gasteiger partial charge in [0.2, 0.25) is 0 Å². The highest BCUT2D eigenvalue weighted by atomic mass is 35.5. The van der Waals surface area contributed by atoms with Gasteiger partial charge in [0.25, 0.3) is 5.91 Å². The van der Waals surface area contributed by atoms with Crippen LogP contribution in [0.15, 0.2) is 55.1 Å². The van der Waals surface area contributed by atoms with Crippen LogP contribution in [0.25, 0.3) is 10.2 Å². The molecule has 33 heavy (non-hydrogen) atoms. The average molecular weight is 485 g/mol. The van der Waals surface area contributed by atoms with Crippen LogP contribution in [-0.2, 0) is 6.54 Å². The van der Waals surface area contributed by atoms with E-state index < -0.39 is 0 Å². The first-order chi connectivity index (χ1) is 15.4. The SMILES string of the molecule is Cc1cc(C)c2sc(N(CCCn3ccnc3)C(=O)c3ccc(OC(C)C)cc3)nc2c1.Cl. The normalized spacial score (nSPS) is 10.9. The van der Waals surface area contributed by atoms with E-state index in [-0.39, 0.29) is 24.4 Å². The minimum atomic E-state index is -0.0554. The number of aromatic nitrogens is 3. The maximum Gasteiger partial charge on any atom is 0.260 e. The number of carbonyl (C=O) groups excluding carboxylic acids is 1. The number of amides is 1. The molecular formula is C25H29ClN4O2S. The molecule has 6 nitrogen and oxygen atoms in total. The molecule has 2 heterocycles. The zero-order valence-electron chi connectivity index (χ0n) is 19.3. The minimum absolute atomic E-state index is 0. The van der Waals surface area contributed by atoms with Crippen molar-refractivity contribution in [3.8, 4) is 5.75 Å². The third kappa shape index (κ3) is 5.92. The van der Waals surface area contributed by atoms with Crippen LogP contribution in [0.3, 0.4) is 0 Å². The molecule has 0 unspecified atom stereocenters. The van der Waals surface area contributed by atoms with Crippen molar-refractivity contribution in [1.82, 2.24) is 14.5 Å². The Morgan fingerprint density at radius 2 is 1.94 bits per heavy atom. The fraction of sp³-hybridized carbons (Fsp3) is 0.320. The van der Waals surface area contributed by atoms with Gasteiger partial charge in [-0.1, -0.05) is 17.4 Å². The topological polar surface area (TPSA) is 60.2 Å². The number of ether oxygens (including phenoxy) is 1. The van der Waals surface area contributed by atoms with Crippen LogP contribution >= 0.6 is 23.7 Å². The van der Waals surface area contributed by atoms with E-state index in [2.05, 4.69) is 31.0 Å². The molecule has 1 amide bonds. The van der Waals surface area contributed by atoms with E-state index in [1.54, 1.807) is 28.8 Å². The Balaban J connectivity index is 0.00000306. The van der Waals surface area contributed by atoms with Crippen LogP contribution in [0, 0.1) is 13.8 Å². The van der Waals surface area contributed by atoms with E-state index in [1.165, 1.54) is 11.1 Å². The van der Waals surface area contributed by atoms with Crippen molar-refractivity contribution in [3.05, 3.63) is 71.8 Å². The van der Waals surface area contributed by atoms with Crippen LogP contribution in [0.5, 0.6) is 5.75 Å². The van der Waals surface area contributed by atoms with E-state index in [0.717, 1.165) is 34.1 Å². The van der Waals surface area contributed by atoms with E-state index in [4.69, 9.17) is 9.72 Å². The smallest absolute Gasteiger partial charge is 0.260 e. The van der Waals surface area contributed by atoms with E-state index >= 15 is 0 Å². The molecule has 0 bridgehead atoms. The van der Waals surface area contributed by atoms with Gasteiger partial charge in [0, 0.05) is 31.0 Å². The van der Waals surface area contributed by atoms with Gasteiger partial charge in [-0.15, -0.1) is 12.4 Å². The number of rotatable bonds is 8. The lowest BCUT2D eigenvalue weighted by molar-refractivity contribution is 0.0986. The van der Waals surface area contributed by atoms with Crippen molar-refractivity contribution < 1.29 is 9.53 Å². The van der Waals surface area contributed by atoms with Gasteiger partial charge < -0.3 is 9.30 Å². The maximum absolute atomic E-state index is 13.5. The van der Waals surface area contributed by atoms with Crippen molar-refractivity contribution in [3.63, 3.8) is 0 Å². The third-order valence-electron chi connectivity index (χ3n) is 5.12. The second kappa shape index (κ2) is 10.8. The quantitative estimate of drug-likeness (QED) is 0.305. The fourth-order valence-electron chi connectivity index (χ4n) is 3.70. The first-order valence-electron chi connectivity index (χ1n) is 10.8. The average Bonchev–Trinajstić information content (AvgIpc) is 3.41. The number of halogens is 1. The van der Waals surface area contributed by atoms with Crippen LogP contribution in [-0.4, -0.2) is 33.1 Å². The molecule has 8 heteroatoms. The first-order valence-corrected chi connectivity index (χ1v) is 11.6. The van der Waals surface area contributed by atoms with Gasteiger partial charge in [0.15, 0.2) is 5.13 Å². The summed E-state index contributed by atoms with van der Waals surface area (Å²) in [5, 5.41) is 0.729. The Hall–Kier alpha value is -2.90. The van der Waals surface area contributed by atoms with Gasteiger partial charge in [-0.2, -0.15) is 0 Å². The number of thiazole rings is 1. The van der Waals surface area contributed by atoms with Crippen molar-refractivity contribution in [2.45, 2.75) is 46.8 Å². The predicted molar refractivity (Wildman–Crippen MR) is 137 cm³/mol. The number of hydrogen-bond acceptors (Lipinski definition) is 5. The minimum Gasteiger partial charge on any atom is -0.491 e. The molecular weight excluding hydrogens is 456 g/mol. The van der Waals surface area contributed by atoms with E-state index in [0.29, 0.717) is 12.1 Å². The monoisotopic (exact) mass is 484 g/mol. The molecule has 0 aliphatic carbocycles. The Morgan fingerprint density at radius 1 is 1.18 bits per heavy atom. The standard InChI is InChI=1S/C25H28N4O2S.ClH/c1-17(2)31-21-8-6-20(7-9-21)24(30)29(12-5-11-28-13-10-26-16-28)25-27-22-15-18(3)14-19(4)23(22)32-25;/h6-10,13-17H,5,11-12H2,1-4H3;1H. The molecule has 0 radical (unpaired) electrons. The molecule has 0 spiro atoms. The van der Waals surface area contributed by atoms with Crippen molar-refractivity contribution in [2.24, 2.45) is 0 Å². The van der Waals surface area contributed by atoms with Gasteiger partial charge in [-0.05, 0) is 75.6 Å². The number of imidazole rings is 1. The lowest BCUT2D eigenvalue weighted by atomic mass is 10.1. The Kier molecular flexibility index (Phi) is 8.10. The highest BCUT2D eigenvalue weighted by Crippen LogP contribution is 2.33. The van der Waals surface area contributed by atoms with Crippen LogP contribution < -0.4 is 9.64 Å². The molecule has 2 aromatic carbocycles. The number of nitrogens with zero attached hydrogens (tertiary/aromatic N) is 4. The summed E-state index contributed by atoms with van der Waals surface area (Å²) in [7, 11) is 0. The first kappa shape index (κ1) is 24.7. The molecule has 4 aromatic rings. The Bertz CT molecular complexity index is 1200. The van der Waals surface area contributed by atoms with Gasteiger partial charge in [-0.25, -0.2) is 9.97 Å². The lowest BCUT2D eigenvalue weighted by Gasteiger charge is -2.20. The second-order valence-electron chi connectivity index (χ2n) is 8.23. The Labute approximate surface area is 204 Å². The largest absolute Gasteiger partial charge is 0.491 e. The number of benzene rings is 2. The summed E-state index contributed by atoms with van der Waals surface area (Å²) < 4.78 is 8.86. The van der Waals surface area contributed by atoms with Crippen molar-refractivity contribution >= 4 is 45.0 Å². The summed E-state index contributed by atoms with van der Waals surface area (Å²) in [5.41, 5.74) is 3.92. The number of fused-ring (bicyclic) bond motifs is 1. The second-order valence-corrected chi connectivity index (χ2v) is 9.21. The van der Waals surface area contributed by atoms with E-state index in [1.807, 2.05) is 48.9 Å². The van der Waals surface area contributed by atoms with Crippen LogP contribution in [0.4, 0.5) is 5.13 Å². The molecule has 4 rings (SSSR count). The van der Waals surface area contributed by atoms with E-state index in [9.17, 15) is 4.79 Å². The third-order valence-corrected chi connectivity index (χ3v) is 6.34. The molecule has 0 saturated heterocycles. The number of aryl methyl sites for hydroxylation is 3. The molecule has 0 N–H and O–H groups in total. The molecule has 0 aliphatic rings. The van der Waals surface area contributed by atoms with Gasteiger partial charge in [0.05, 0.1) is 22.6 Å². The number of anilines is 1. The summed E-state index contributed by atoms with van der Waals surface area (Å²) in [4.78, 5) is 24.3. The van der Waals surface area contributed by atoms with Crippen molar-refractivity contribution in [2.75, 3.05) is 11.4 Å². The summed E-state index contributed by atoms with van der Waals surface area (Å²) in [5.74, 6) is 0.703. The van der Waals surface area contributed by atoms with Crippen molar-refractivity contribution in [1.29, 1.82) is 0 Å². The highest BCUT2D eigenvalue weighted by Gasteiger charge is 2.22. The fourth-order valence-corrected chi connectivity index (χ4v) is 4.74. The van der Waals surface area contributed by atoms with Crippen LogP contribution in [0.2, 0.25) is 0 Å². The highest BCUT2D eigenvalue weighted by molar-refractivity contribution is 7.22. The zero-order valence-corrected chi connectivity index (χ0v) is 20.9. The maximum atomic E-state index is 13.5. The summed E-state index contributed by atoms with van der Waals surface area (Å²) in [6, 6.07) is 11.6. The molecule has 0 aliphatic heterocycles. The van der Waals surface area contributed by atoms with Gasteiger partial charge in [-0.3, -0.25) is 9.69 Å². The van der Waals surface area contributed by atoms with Gasteiger partial charge in [0.1, 0.15) is 5.75 Å². The molecule has 0 fully saturated rings. The van der Waals surface area contributed by atoms with Crippen LogP contribution in [0.1, 0.15) is 41.8 Å². The molecule has 0 atom stereocenters. The molecule has 0 saturated carbocycles. The summed E-state index contributed by atoms with van der Waals surface area (Å²) >= 11 is 1.57. The molecule has 2 aromatic heterocycles. The lowest BCUT2D eigenvalue weighted by Crippen LogP contribution is -2.32. The molecule has 174 valence electrons.